The summed E-state index contributed by atoms with van der Waals surface area (Å²) in [5, 5.41) is 3.10. The number of rotatable bonds is 3. The monoisotopic (exact) mass is 220 g/mol. The van der Waals surface area contributed by atoms with Gasteiger partial charge in [-0.25, -0.2) is 9.97 Å². The molecule has 0 spiro atoms. The Morgan fingerprint density at radius 2 is 2.31 bits per heavy atom. The van der Waals surface area contributed by atoms with Crippen molar-refractivity contribution in [3.63, 3.8) is 0 Å². The Kier molecular flexibility index (Phi) is 3.27. The van der Waals surface area contributed by atoms with E-state index in [0.29, 0.717) is 0 Å². The second-order valence-corrected chi connectivity index (χ2v) is 4.47. The van der Waals surface area contributed by atoms with Gasteiger partial charge in [-0.1, -0.05) is 13.8 Å². The molecule has 2 heterocycles. The highest BCUT2D eigenvalue weighted by Crippen LogP contribution is 2.23. The van der Waals surface area contributed by atoms with Gasteiger partial charge in [-0.15, -0.1) is 0 Å². The van der Waals surface area contributed by atoms with Crippen molar-refractivity contribution in [2.75, 3.05) is 30.4 Å². The molecule has 2 rings (SSSR count). The van der Waals surface area contributed by atoms with E-state index in [1.807, 2.05) is 13.1 Å². The largest absolute Gasteiger partial charge is 0.373 e. The minimum Gasteiger partial charge on any atom is -0.373 e. The van der Waals surface area contributed by atoms with Gasteiger partial charge >= 0.3 is 0 Å². The molecular formula is C12H20N4. The molecule has 16 heavy (non-hydrogen) atoms. The lowest BCUT2D eigenvalue weighted by molar-refractivity contribution is 0.658. The first-order chi connectivity index (χ1) is 7.72. The summed E-state index contributed by atoms with van der Waals surface area (Å²) in [4.78, 5) is 11.4. The van der Waals surface area contributed by atoms with Crippen LogP contribution in [0.2, 0.25) is 0 Å². The van der Waals surface area contributed by atoms with Crippen LogP contribution in [0.5, 0.6) is 0 Å². The van der Waals surface area contributed by atoms with Gasteiger partial charge in [-0.05, 0) is 12.3 Å². The number of hydrogen-bond acceptors (Lipinski definition) is 4. The van der Waals surface area contributed by atoms with E-state index in [9.17, 15) is 0 Å². The fraction of sp³-hybridized carbons (Fsp3) is 0.667. The minimum absolute atomic E-state index is 0.776. The molecule has 0 aliphatic carbocycles. The van der Waals surface area contributed by atoms with Crippen molar-refractivity contribution in [2.24, 2.45) is 5.92 Å². The highest BCUT2D eigenvalue weighted by atomic mass is 15.2. The lowest BCUT2D eigenvalue weighted by Gasteiger charge is -2.18. The van der Waals surface area contributed by atoms with E-state index in [1.54, 1.807) is 0 Å². The highest BCUT2D eigenvalue weighted by Gasteiger charge is 2.20. The molecule has 1 atom stereocenters. The SMILES string of the molecule is CCc1nc(NC)cc(N2CCC(C)C2)n1. The molecule has 1 N–H and O–H groups in total. The second-order valence-electron chi connectivity index (χ2n) is 4.47. The summed E-state index contributed by atoms with van der Waals surface area (Å²) >= 11 is 0. The molecule has 1 saturated heterocycles. The molecule has 0 bridgehead atoms. The van der Waals surface area contributed by atoms with E-state index < -0.39 is 0 Å². The van der Waals surface area contributed by atoms with Gasteiger partial charge in [0.25, 0.3) is 0 Å². The zero-order chi connectivity index (χ0) is 11.5. The molecule has 0 aromatic carbocycles. The number of hydrogen-bond donors (Lipinski definition) is 1. The summed E-state index contributed by atoms with van der Waals surface area (Å²) in [5.74, 6) is 3.68. The van der Waals surface area contributed by atoms with Gasteiger partial charge in [0.15, 0.2) is 0 Å². The van der Waals surface area contributed by atoms with E-state index in [0.717, 1.165) is 42.9 Å². The quantitative estimate of drug-likeness (QED) is 0.845. The molecule has 4 nitrogen and oxygen atoms in total. The number of nitrogens with one attached hydrogen (secondary N) is 1. The third-order valence-corrected chi connectivity index (χ3v) is 3.08. The Morgan fingerprint density at radius 3 is 2.88 bits per heavy atom. The maximum absolute atomic E-state index is 4.59. The first-order valence-electron chi connectivity index (χ1n) is 6.03. The van der Waals surface area contributed by atoms with Crippen molar-refractivity contribution in [2.45, 2.75) is 26.7 Å². The molecule has 1 aromatic rings. The van der Waals surface area contributed by atoms with Crippen LogP contribution in [0, 0.1) is 5.92 Å². The van der Waals surface area contributed by atoms with E-state index in [2.05, 4.69) is 34.0 Å². The van der Waals surface area contributed by atoms with Crippen LogP contribution in [0.25, 0.3) is 0 Å². The average Bonchev–Trinajstić information content (AvgIpc) is 2.75. The van der Waals surface area contributed by atoms with Crippen LogP contribution in [0.15, 0.2) is 6.07 Å². The predicted molar refractivity (Wildman–Crippen MR) is 67.0 cm³/mol. The van der Waals surface area contributed by atoms with Gasteiger partial charge in [0.05, 0.1) is 0 Å². The normalized spacial score (nSPS) is 20.2. The third-order valence-electron chi connectivity index (χ3n) is 3.08. The molecule has 1 fully saturated rings. The van der Waals surface area contributed by atoms with Crippen LogP contribution in [0.4, 0.5) is 11.6 Å². The lowest BCUT2D eigenvalue weighted by Crippen LogP contribution is -2.21. The number of anilines is 2. The number of aryl methyl sites for hydroxylation is 1. The van der Waals surface area contributed by atoms with Crippen molar-refractivity contribution in [3.05, 3.63) is 11.9 Å². The average molecular weight is 220 g/mol. The zero-order valence-electron chi connectivity index (χ0n) is 10.3. The van der Waals surface area contributed by atoms with Gasteiger partial charge in [0.1, 0.15) is 17.5 Å². The van der Waals surface area contributed by atoms with Crippen molar-refractivity contribution in [3.8, 4) is 0 Å². The molecule has 1 unspecified atom stereocenters. The molecule has 1 aliphatic heterocycles. The van der Waals surface area contributed by atoms with Gasteiger partial charge in [-0.2, -0.15) is 0 Å². The molecule has 0 radical (unpaired) electrons. The van der Waals surface area contributed by atoms with Crippen LogP contribution in [0.3, 0.4) is 0 Å². The maximum Gasteiger partial charge on any atom is 0.134 e. The standard InChI is InChI=1S/C12H20N4/c1-4-10-14-11(13-3)7-12(15-10)16-6-5-9(2)8-16/h7,9H,4-6,8H2,1-3H3,(H,13,14,15). The lowest BCUT2D eigenvalue weighted by atomic mass is 10.2. The molecular weight excluding hydrogens is 200 g/mol. The Balaban J connectivity index is 2.25. The molecule has 4 heteroatoms. The van der Waals surface area contributed by atoms with Crippen LogP contribution in [0.1, 0.15) is 26.1 Å². The molecule has 88 valence electrons. The summed E-state index contributed by atoms with van der Waals surface area (Å²) in [5.41, 5.74) is 0. The Hall–Kier alpha value is -1.32. The Labute approximate surface area is 97.1 Å². The molecule has 0 amide bonds. The van der Waals surface area contributed by atoms with Crippen molar-refractivity contribution in [1.82, 2.24) is 9.97 Å². The van der Waals surface area contributed by atoms with Gasteiger partial charge in [0, 0.05) is 32.6 Å². The Bertz CT molecular complexity index is 342. The van der Waals surface area contributed by atoms with Crippen molar-refractivity contribution < 1.29 is 0 Å². The first-order valence-corrected chi connectivity index (χ1v) is 6.03. The van der Waals surface area contributed by atoms with Crippen LogP contribution < -0.4 is 10.2 Å². The number of aromatic nitrogens is 2. The van der Waals surface area contributed by atoms with Crippen molar-refractivity contribution in [1.29, 1.82) is 0 Å². The van der Waals surface area contributed by atoms with Gasteiger partial charge < -0.3 is 10.2 Å². The van der Waals surface area contributed by atoms with E-state index in [4.69, 9.17) is 0 Å². The van der Waals surface area contributed by atoms with Gasteiger partial charge in [0.2, 0.25) is 0 Å². The van der Waals surface area contributed by atoms with E-state index in [1.165, 1.54) is 6.42 Å². The number of nitrogens with zero attached hydrogens (tertiary/aromatic N) is 3. The highest BCUT2D eigenvalue weighted by molar-refractivity contribution is 5.49. The van der Waals surface area contributed by atoms with Crippen molar-refractivity contribution >= 4 is 11.6 Å². The van der Waals surface area contributed by atoms with Crippen LogP contribution >= 0.6 is 0 Å². The zero-order valence-corrected chi connectivity index (χ0v) is 10.3. The topological polar surface area (TPSA) is 41.1 Å². The Morgan fingerprint density at radius 1 is 1.50 bits per heavy atom. The fourth-order valence-electron chi connectivity index (χ4n) is 2.07. The maximum atomic E-state index is 4.59. The summed E-state index contributed by atoms with van der Waals surface area (Å²) in [6.07, 6.45) is 2.15. The first kappa shape index (κ1) is 11.2. The summed E-state index contributed by atoms with van der Waals surface area (Å²) < 4.78 is 0. The smallest absolute Gasteiger partial charge is 0.134 e. The summed E-state index contributed by atoms with van der Waals surface area (Å²) in [6.45, 7) is 6.61. The van der Waals surface area contributed by atoms with Crippen LogP contribution in [-0.4, -0.2) is 30.1 Å². The van der Waals surface area contributed by atoms with Crippen LogP contribution in [-0.2, 0) is 6.42 Å². The summed E-state index contributed by atoms with van der Waals surface area (Å²) in [7, 11) is 1.90. The predicted octanol–water partition coefficient (Wildman–Crippen LogP) is 1.93. The fourth-order valence-corrected chi connectivity index (χ4v) is 2.07. The van der Waals surface area contributed by atoms with E-state index >= 15 is 0 Å². The molecule has 1 aliphatic rings. The van der Waals surface area contributed by atoms with Gasteiger partial charge in [-0.3, -0.25) is 0 Å². The summed E-state index contributed by atoms with van der Waals surface area (Å²) in [6, 6.07) is 2.04. The third kappa shape index (κ3) is 2.26. The van der Waals surface area contributed by atoms with E-state index in [-0.39, 0.29) is 0 Å². The molecule has 0 saturated carbocycles. The molecule has 1 aromatic heterocycles. The second kappa shape index (κ2) is 4.68. The minimum atomic E-state index is 0.776.